The molecular weight excluding hydrogens is 266 g/mol. The summed E-state index contributed by atoms with van der Waals surface area (Å²) in [4.78, 5) is 0. The molecule has 84 valence electrons. The molecule has 1 aromatic carbocycles. The summed E-state index contributed by atoms with van der Waals surface area (Å²) in [5.41, 5.74) is 9.11. The van der Waals surface area contributed by atoms with Crippen molar-refractivity contribution >= 4 is 15.9 Å². The SMILES string of the molecule is Cn1ncc(CCN)c1-c1cccc(Br)c1. The number of nitrogens with zero attached hydrogens (tertiary/aromatic N) is 2. The van der Waals surface area contributed by atoms with E-state index in [2.05, 4.69) is 33.2 Å². The Morgan fingerprint density at radius 1 is 1.44 bits per heavy atom. The topological polar surface area (TPSA) is 43.8 Å². The molecule has 1 aromatic heterocycles. The highest BCUT2D eigenvalue weighted by Crippen LogP contribution is 2.25. The molecule has 0 aliphatic heterocycles. The van der Waals surface area contributed by atoms with Crippen molar-refractivity contribution in [2.45, 2.75) is 6.42 Å². The third-order valence-corrected chi connectivity index (χ3v) is 3.02. The Morgan fingerprint density at radius 3 is 2.94 bits per heavy atom. The van der Waals surface area contributed by atoms with Crippen LogP contribution in [0.15, 0.2) is 34.9 Å². The Balaban J connectivity index is 2.50. The summed E-state index contributed by atoms with van der Waals surface area (Å²) in [6.45, 7) is 0.646. The number of aryl methyl sites for hydroxylation is 1. The molecule has 2 aromatic rings. The normalized spacial score (nSPS) is 10.7. The maximum Gasteiger partial charge on any atom is 0.0711 e. The zero-order valence-electron chi connectivity index (χ0n) is 9.15. The summed E-state index contributed by atoms with van der Waals surface area (Å²) in [6, 6.07) is 8.22. The highest BCUT2D eigenvalue weighted by molar-refractivity contribution is 9.10. The second-order valence-electron chi connectivity index (χ2n) is 3.69. The van der Waals surface area contributed by atoms with Crippen LogP contribution in [0.5, 0.6) is 0 Å². The van der Waals surface area contributed by atoms with Crippen molar-refractivity contribution in [1.29, 1.82) is 0 Å². The van der Waals surface area contributed by atoms with Crippen LogP contribution in [-0.2, 0) is 13.5 Å². The quantitative estimate of drug-likeness (QED) is 0.938. The molecule has 0 radical (unpaired) electrons. The smallest absolute Gasteiger partial charge is 0.0711 e. The average Bonchev–Trinajstić information content (AvgIpc) is 2.60. The second-order valence-corrected chi connectivity index (χ2v) is 4.61. The van der Waals surface area contributed by atoms with Crippen LogP contribution in [-0.4, -0.2) is 16.3 Å². The summed E-state index contributed by atoms with van der Waals surface area (Å²) in [7, 11) is 1.95. The molecule has 0 aliphatic carbocycles. The molecule has 2 N–H and O–H groups in total. The summed E-state index contributed by atoms with van der Waals surface area (Å²) in [5.74, 6) is 0. The molecule has 0 bridgehead atoms. The van der Waals surface area contributed by atoms with Crippen molar-refractivity contribution in [2.75, 3.05) is 6.54 Å². The van der Waals surface area contributed by atoms with Gasteiger partial charge >= 0.3 is 0 Å². The lowest BCUT2D eigenvalue weighted by Gasteiger charge is -2.06. The Hall–Kier alpha value is -1.13. The van der Waals surface area contributed by atoms with Crippen LogP contribution >= 0.6 is 15.9 Å². The monoisotopic (exact) mass is 279 g/mol. The van der Waals surface area contributed by atoms with Crippen molar-refractivity contribution in [1.82, 2.24) is 9.78 Å². The number of nitrogens with two attached hydrogens (primary N) is 1. The molecule has 0 saturated carbocycles. The minimum atomic E-state index is 0.646. The molecule has 4 heteroatoms. The molecule has 1 heterocycles. The minimum absolute atomic E-state index is 0.646. The van der Waals surface area contributed by atoms with Gasteiger partial charge in [-0.3, -0.25) is 4.68 Å². The van der Waals surface area contributed by atoms with Gasteiger partial charge in [0.25, 0.3) is 0 Å². The molecule has 0 unspecified atom stereocenters. The highest BCUT2D eigenvalue weighted by atomic mass is 79.9. The zero-order chi connectivity index (χ0) is 11.5. The molecule has 0 saturated heterocycles. The summed E-state index contributed by atoms with van der Waals surface area (Å²) in [6.07, 6.45) is 2.75. The van der Waals surface area contributed by atoms with E-state index in [1.54, 1.807) is 0 Å². The van der Waals surface area contributed by atoms with Crippen molar-refractivity contribution in [3.05, 3.63) is 40.5 Å². The molecule has 3 nitrogen and oxygen atoms in total. The third kappa shape index (κ3) is 2.18. The number of hydrogen-bond donors (Lipinski definition) is 1. The predicted molar refractivity (Wildman–Crippen MR) is 69.1 cm³/mol. The fourth-order valence-corrected chi connectivity index (χ4v) is 2.23. The van der Waals surface area contributed by atoms with Crippen LogP contribution in [0.1, 0.15) is 5.56 Å². The standard InChI is InChI=1S/C12H14BrN3/c1-16-12(10(5-6-14)8-15-16)9-3-2-4-11(13)7-9/h2-4,7-8H,5-6,14H2,1H3. The van der Waals surface area contributed by atoms with E-state index in [0.29, 0.717) is 6.54 Å². The maximum absolute atomic E-state index is 5.60. The largest absolute Gasteiger partial charge is 0.330 e. The van der Waals surface area contributed by atoms with Crippen molar-refractivity contribution < 1.29 is 0 Å². The maximum atomic E-state index is 5.60. The zero-order valence-corrected chi connectivity index (χ0v) is 10.7. The van der Waals surface area contributed by atoms with Crippen molar-refractivity contribution in [3.8, 4) is 11.3 Å². The molecular formula is C12H14BrN3. The number of aromatic nitrogens is 2. The first-order valence-electron chi connectivity index (χ1n) is 5.19. The van der Waals surface area contributed by atoms with E-state index in [0.717, 1.165) is 22.2 Å². The van der Waals surface area contributed by atoms with Gasteiger partial charge in [0.2, 0.25) is 0 Å². The molecule has 16 heavy (non-hydrogen) atoms. The molecule has 2 rings (SSSR count). The van der Waals surface area contributed by atoms with Gasteiger partial charge in [-0.15, -0.1) is 0 Å². The van der Waals surface area contributed by atoms with Gasteiger partial charge in [0.15, 0.2) is 0 Å². The van der Waals surface area contributed by atoms with Crippen LogP contribution < -0.4 is 5.73 Å². The third-order valence-electron chi connectivity index (χ3n) is 2.53. The van der Waals surface area contributed by atoms with Gasteiger partial charge in [0, 0.05) is 17.1 Å². The summed E-state index contributed by atoms with van der Waals surface area (Å²) in [5, 5.41) is 4.29. The molecule has 0 atom stereocenters. The molecule has 0 fully saturated rings. The van der Waals surface area contributed by atoms with E-state index in [-0.39, 0.29) is 0 Å². The molecule has 0 aliphatic rings. The fourth-order valence-electron chi connectivity index (χ4n) is 1.83. The lowest BCUT2D eigenvalue weighted by molar-refractivity contribution is 0.775. The summed E-state index contributed by atoms with van der Waals surface area (Å²) >= 11 is 3.48. The van der Waals surface area contributed by atoms with Crippen molar-refractivity contribution in [3.63, 3.8) is 0 Å². The van der Waals surface area contributed by atoms with E-state index in [1.165, 1.54) is 5.56 Å². The Morgan fingerprint density at radius 2 is 2.25 bits per heavy atom. The molecule has 0 amide bonds. The van der Waals surface area contributed by atoms with E-state index in [1.807, 2.05) is 30.1 Å². The van der Waals surface area contributed by atoms with Gasteiger partial charge in [-0.1, -0.05) is 28.1 Å². The summed E-state index contributed by atoms with van der Waals surface area (Å²) < 4.78 is 2.97. The average molecular weight is 280 g/mol. The fraction of sp³-hybridized carbons (Fsp3) is 0.250. The van der Waals surface area contributed by atoms with Gasteiger partial charge in [-0.2, -0.15) is 5.10 Å². The van der Waals surface area contributed by atoms with Gasteiger partial charge in [-0.05, 0) is 30.7 Å². The first kappa shape index (κ1) is 11.4. The Bertz CT molecular complexity index is 491. The lowest BCUT2D eigenvalue weighted by Crippen LogP contribution is -2.04. The minimum Gasteiger partial charge on any atom is -0.330 e. The van der Waals surface area contributed by atoms with Gasteiger partial charge < -0.3 is 5.73 Å². The second kappa shape index (κ2) is 4.80. The lowest BCUT2D eigenvalue weighted by atomic mass is 10.1. The van der Waals surface area contributed by atoms with Gasteiger partial charge in [-0.25, -0.2) is 0 Å². The van der Waals surface area contributed by atoms with E-state index in [4.69, 9.17) is 5.73 Å². The van der Waals surface area contributed by atoms with Crippen LogP contribution in [0.25, 0.3) is 11.3 Å². The Labute approximate surface area is 103 Å². The van der Waals surface area contributed by atoms with Crippen LogP contribution in [0.2, 0.25) is 0 Å². The van der Waals surface area contributed by atoms with E-state index >= 15 is 0 Å². The first-order chi connectivity index (χ1) is 7.72. The number of rotatable bonds is 3. The number of halogens is 1. The van der Waals surface area contributed by atoms with Crippen LogP contribution in [0.4, 0.5) is 0 Å². The first-order valence-corrected chi connectivity index (χ1v) is 5.98. The predicted octanol–water partition coefficient (Wildman–Crippen LogP) is 2.35. The van der Waals surface area contributed by atoms with Crippen molar-refractivity contribution in [2.24, 2.45) is 12.8 Å². The Kier molecular flexibility index (Phi) is 3.41. The van der Waals surface area contributed by atoms with E-state index in [9.17, 15) is 0 Å². The highest BCUT2D eigenvalue weighted by Gasteiger charge is 2.10. The number of benzene rings is 1. The van der Waals surface area contributed by atoms with Crippen LogP contribution in [0, 0.1) is 0 Å². The van der Waals surface area contributed by atoms with Crippen LogP contribution in [0.3, 0.4) is 0 Å². The molecule has 0 spiro atoms. The van der Waals surface area contributed by atoms with Gasteiger partial charge in [0.1, 0.15) is 0 Å². The van der Waals surface area contributed by atoms with E-state index < -0.39 is 0 Å². The van der Waals surface area contributed by atoms with Gasteiger partial charge in [0.05, 0.1) is 11.9 Å². The number of hydrogen-bond acceptors (Lipinski definition) is 2.